The number of carbonyl (C=O) groups excluding carboxylic acids is 1. The molecule has 2 rings (SSSR count). The molecular weight excluding hydrogens is 316 g/mol. The first-order valence-corrected chi connectivity index (χ1v) is 8.15. The van der Waals surface area contributed by atoms with Gasteiger partial charge in [0.25, 0.3) is 5.91 Å². The first-order valence-electron chi connectivity index (χ1n) is 7.34. The van der Waals surface area contributed by atoms with Gasteiger partial charge in [-0.3, -0.25) is 10.1 Å². The minimum atomic E-state index is -0.210. The Hall–Kier alpha value is -1.73. The number of nitrogens with one attached hydrogen (secondary N) is 3. The lowest BCUT2D eigenvalue weighted by molar-refractivity contribution is 0.0976. The van der Waals surface area contributed by atoms with E-state index in [-0.39, 0.29) is 5.91 Å². The maximum Gasteiger partial charge on any atom is 0.257 e. The molecule has 1 aromatic rings. The molecular formula is C15H20N4OS2. The van der Waals surface area contributed by atoms with Crippen molar-refractivity contribution in [3.8, 4) is 0 Å². The van der Waals surface area contributed by atoms with Gasteiger partial charge in [-0.2, -0.15) is 0 Å². The van der Waals surface area contributed by atoms with Crippen LogP contribution in [0.1, 0.15) is 23.2 Å². The van der Waals surface area contributed by atoms with Crippen LogP contribution < -0.4 is 16.0 Å². The highest BCUT2D eigenvalue weighted by Crippen LogP contribution is 2.06. The van der Waals surface area contributed by atoms with Gasteiger partial charge in [0.15, 0.2) is 10.2 Å². The van der Waals surface area contributed by atoms with Gasteiger partial charge in [-0.1, -0.05) is 18.2 Å². The fourth-order valence-corrected chi connectivity index (χ4v) is 2.67. The van der Waals surface area contributed by atoms with E-state index >= 15 is 0 Å². The van der Waals surface area contributed by atoms with E-state index in [1.165, 1.54) is 12.8 Å². The van der Waals surface area contributed by atoms with Crippen LogP contribution in [0.3, 0.4) is 0 Å². The Morgan fingerprint density at radius 2 is 1.68 bits per heavy atom. The molecule has 0 aliphatic carbocycles. The maximum absolute atomic E-state index is 11.9. The molecule has 0 spiro atoms. The predicted molar refractivity (Wildman–Crippen MR) is 95.9 cm³/mol. The molecule has 1 aromatic carbocycles. The molecule has 118 valence electrons. The summed E-state index contributed by atoms with van der Waals surface area (Å²) in [6, 6.07) is 8.98. The summed E-state index contributed by atoms with van der Waals surface area (Å²) < 4.78 is 0. The van der Waals surface area contributed by atoms with E-state index in [9.17, 15) is 4.79 Å². The summed E-state index contributed by atoms with van der Waals surface area (Å²) in [4.78, 5) is 14.1. The van der Waals surface area contributed by atoms with Crippen molar-refractivity contribution in [3.63, 3.8) is 0 Å². The molecule has 7 heteroatoms. The number of rotatable bonds is 4. The van der Waals surface area contributed by atoms with Crippen LogP contribution in [0, 0.1) is 0 Å². The Balaban J connectivity index is 1.61. The van der Waals surface area contributed by atoms with E-state index < -0.39 is 0 Å². The van der Waals surface area contributed by atoms with Gasteiger partial charge in [0.05, 0.1) is 0 Å². The largest absolute Gasteiger partial charge is 0.361 e. The van der Waals surface area contributed by atoms with E-state index in [1.54, 1.807) is 12.1 Å². The molecule has 0 saturated carbocycles. The van der Waals surface area contributed by atoms with E-state index in [2.05, 4.69) is 20.9 Å². The number of thiocarbonyl (C=S) groups is 2. The molecule has 1 fully saturated rings. The molecule has 0 aromatic heterocycles. The molecule has 0 atom stereocenters. The predicted octanol–water partition coefficient (Wildman–Crippen LogP) is 1.26. The quantitative estimate of drug-likeness (QED) is 0.569. The Morgan fingerprint density at radius 3 is 2.36 bits per heavy atom. The van der Waals surface area contributed by atoms with Crippen LogP contribution in [0.2, 0.25) is 0 Å². The van der Waals surface area contributed by atoms with Crippen molar-refractivity contribution >= 4 is 40.6 Å². The highest BCUT2D eigenvalue weighted by Gasteiger charge is 2.13. The molecule has 1 saturated heterocycles. The molecule has 1 heterocycles. The van der Waals surface area contributed by atoms with Gasteiger partial charge in [-0.05, 0) is 49.4 Å². The number of likely N-dealkylation sites (tertiary alicyclic amines) is 1. The Morgan fingerprint density at radius 1 is 1.05 bits per heavy atom. The third-order valence-electron chi connectivity index (χ3n) is 3.34. The third kappa shape index (κ3) is 5.23. The number of carbonyl (C=O) groups is 1. The highest BCUT2D eigenvalue weighted by atomic mass is 32.1. The summed E-state index contributed by atoms with van der Waals surface area (Å²) in [5.41, 5.74) is 0.583. The number of hydrogen-bond donors (Lipinski definition) is 3. The van der Waals surface area contributed by atoms with Crippen LogP contribution in [0.25, 0.3) is 0 Å². The zero-order chi connectivity index (χ0) is 15.8. The topological polar surface area (TPSA) is 56.4 Å². The summed E-state index contributed by atoms with van der Waals surface area (Å²) in [5, 5.41) is 9.94. The minimum absolute atomic E-state index is 0.210. The Bertz CT molecular complexity index is 530. The van der Waals surface area contributed by atoms with Crippen molar-refractivity contribution in [2.75, 3.05) is 26.2 Å². The number of hydrogen-bond acceptors (Lipinski definition) is 3. The Labute approximate surface area is 141 Å². The van der Waals surface area contributed by atoms with Crippen LogP contribution >= 0.6 is 24.4 Å². The van der Waals surface area contributed by atoms with E-state index in [0.717, 1.165) is 18.2 Å². The fraction of sp³-hybridized carbons (Fsp3) is 0.400. The zero-order valence-electron chi connectivity index (χ0n) is 12.3. The molecule has 3 N–H and O–H groups in total. The van der Waals surface area contributed by atoms with Gasteiger partial charge < -0.3 is 15.5 Å². The fourth-order valence-electron chi connectivity index (χ4n) is 2.19. The van der Waals surface area contributed by atoms with E-state index in [1.807, 2.05) is 18.2 Å². The average molecular weight is 336 g/mol. The van der Waals surface area contributed by atoms with Gasteiger partial charge in [0.2, 0.25) is 0 Å². The smallest absolute Gasteiger partial charge is 0.257 e. The highest BCUT2D eigenvalue weighted by molar-refractivity contribution is 7.80. The lowest BCUT2D eigenvalue weighted by Gasteiger charge is -2.19. The number of benzene rings is 1. The van der Waals surface area contributed by atoms with E-state index in [0.29, 0.717) is 23.8 Å². The van der Waals surface area contributed by atoms with Crippen LogP contribution in [0.5, 0.6) is 0 Å². The summed E-state index contributed by atoms with van der Waals surface area (Å²) in [6.45, 7) is 3.33. The van der Waals surface area contributed by atoms with Crippen LogP contribution in [0.15, 0.2) is 30.3 Å². The van der Waals surface area contributed by atoms with Crippen LogP contribution in [-0.2, 0) is 0 Å². The van der Waals surface area contributed by atoms with E-state index in [4.69, 9.17) is 24.4 Å². The van der Waals surface area contributed by atoms with Gasteiger partial charge in [-0.15, -0.1) is 0 Å². The van der Waals surface area contributed by atoms with Crippen LogP contribution in [0.4, 0.5) is 0 Å². The lowest BCUT2D eigenvalue weighted by Crippen LogP contribution is -2.44. The van der Waals surface area contributed by atoms with Crippen LogP contribution in [-0.4, -0.2) is 47.2 Å². The summed E-state index contributed by atoms with van der Waals surface area (Å²) in [5.74, 6) is -0.210. The molecule has 0 radical (unpaired) electrons. The second-order valence-electron chi connectivity index (χ2n) is 5.00. The number of nitrogens with zero attached hydrogens (tertiary/aromatic N) is 1. The van der Waals surface area contributed by atoms with Crippen molar-refractivity contribution in [2.24, 2.45) is 0 Å². The zero-order valence-corrected chi connectivity index (χ0v) is 13.9. The summed E-state index contributed by atoms with van der Waals surface area (Å²) in [7, 11) is 0. The van der Waals surface area contributed by atoms with Crippen molar-refractivity contribution < 1.29 is 4.79 Å². The maximum atomic E-state index is 11.9. The number of amides is 1. The van der Waals surface area contributed by atoms with Crippen molar-refractivity contribution in [1.82, 2.24) is 20.9 Å². The monoisotopic (exact) mass is 336 g/mol. The van der Waals surface area contributed by atoms with Gasteiger partial charge >= 0.3 is 0 Å². The first kappa shape index (κ1) is 16.6. The molecule has 22 heavy (non-hydrogen) atoms. The molecule has 5 nitrogen and oxygen atoms in total. The standard InChI is InChI=1S/C15H20N4OS2/c20-13(12-6-2-1-3-7-12)18-14(21)16-8-9-17-15(22)19-10-4-5-11-19/h1-3,6-7H,4-5,8-11H2,(H,17,22)(H2,16,18,20,21). The average Bonchev–Trinajstić information content (AvgIpc) is 3.06. The summed E-state index contributed by atoms with van der Waals surface area (Å²) >= 11 is 10.4. The van der Waals surface area contributed by atoms with Crippen molar-refractivity contribution in [1.29, 1.82) is 0 Å². The summed E-state index contributed by atoms with van der Waals surface area (Å²) in [6.07, 6.45) is 2.41. The van der Waals surface area contributed by atoms with Gasteiger partial charge in [0.1, 0.15) is 0 Å². The van der Waals surface area contributed by atoms with Crippen molar-refractivity contribution in [3.05, 3.63) is 35.9 Å². The second kappa shape index (κ2) is 8.65. The van der Waals surface area contributed by atoms with Gasteiger partial charge in [-0.25, -0.2) is 0 Å². The lowest BCUT2D eigenvalue weighted by atomic mass is 10.2. The molecule has 1 aliphatic rings. The molecule has 1 aliphatic heterocycles. The molecule has 1 amide bonds. The first-order chi connectivity index (χ1) is 10.7. The Kier molecular flexibility index (Phi) is 6.54. The van der Waals surface area contributed by atoms with Crippen molar-refractivity contribution in [2.45, 2.75) is 12.8 Å². The molecule has 0 unspecified atom stereocenters. The third-order valence-corrected chi connectivity index (χ3v) is 3.99. The minimum Gasteiger partial charge on any atom is -0.361 e. The second-order valence-corrected chi connectivity index (χ2v) is 5.80. The molecule has 0 bridgehead atoms. The normalized spacial score (nSPS) is 13.5. The van der Waals surface area contributed by atoms with Gasteiger partial charge in [0, 0.05) is 31.7 Å². The SMILES string of the molecule is O=C(NC(=S)NCCNC(=S)N1CCCC1)c1ccccc1.